The summed E-state index contributed by atoms with van der Waals surface area (Å²) in [6.45, 7) is 3.80. The Bertz CT molecular complexity index is 3550. The second-order valence-electron chi connectivity index (χ2n) is 21.8. The third kappa shape index (κ3) is 20.5. The number of ether oxygens (including phenoxy) is 9. The number of carboxylic acids is 2. The molecular formula is C69H84N6O19. The molecule has 2 unspecified atom stereocenters. The molecule has 0 radical (unpaired) electrons. The fourth-order valence-electron chi connectivity index (χ4n) is 10.9. The number of carbonyl (C=O) groups is 7. The molecule has 0 saturated carbocycles. The monoisotopic (exact) mass is 1300 g/mol. The number of hydrogen-bond acceptors (Lipinski definition) is 18. The van der Waals surface area contributed by atoms with Crippen LogP contribution in [0.1, 0.15) is 111 Å². The molecule has 0 spiro atoms. The molecule has 2 aliphatic carbocycles. The molecule has 0 saturated heterocycles. The summed E-state index contributed by atoms with van der Waals surface area (Å²) in [7, 11) is 9.39. The van der Waals surface area contributed by atoms with Gasteiger partial charge >= 0.3 is 30.2 Å². The molecule has 0 aliphatic heterocycles. The number of nitrogens with one attached hydrogen (secondary N) is 5. The normalized spacial score (nSPS) is 13.8. The zero-order valence-electron chi connectivity index (χ0n) is 54.1. The van der Waals surface area contributed by atoms with E-state index < -0.39 is 42.3 Å². The molecule has 0 heterocycles. The van der Waals surface area contributed by atoms with E-state index in [-0.39, 0.29) is 61.6 Å². The van der Waals surface area contributed by atoms with Crippen LogP contribution in [0.3, 0.4) is 0 Å². The Morgan fingerprint density at radius 3 is 1.37 bits per heavy atom. The van der Waals surface area contributed by atoms with Crippen LogP contribution < -0.4 is 65.5 Å². The third-order valence-electron chi connectivity index (χ3n) is 15.3. The second kappa shape index (κ2) is 36.6. The fraction of sp³-hybridized carbons (Fsp3) is 0.377. The van der Waals surface area contributed by atoms with E-state index in [0.29, 0.717) is 92.4 Å². The molecule has 5 amide bonds. The van der Waals surface area contributed by atoms with Crippen molar-refractivity contribution < 1.29 is 91.5 Å². The summed E-state index contributed by atoms with van der Waals surface area (Å²) in [5, 5.41) is 41.9. The van der Waals surface area contributed by atoms with E-state index in [9.17, 15) is 43.8 Å². The van der Waals surface area contributed by atoms with Crippen LogP contribution in [0.2, 0.25) is 0 Å². The van der Waals surface area contributed by atoms with Crippen LogP contribution in [-0.2, 0) is 54.7 Å². The van der Waals surface area contributed by atoms with Gasteiger partial charge in [0, 0.05) is 31.5 Å². The van der Waals surface area contributed by atoms with E-state index in [1.165, 1.54) is 21.0 Å². The van der Waals surface area contributed by atoms with Gasteiger partial charge in [0.05, 0.1) is 54.7 Å². The number of fused-ring (bicyclic) bond motifs is 6. The quantitative estimate of drug-likeness (QED) is 0.0228. The molecule has 0 aromatic heterocycles. The number of aryl methyl sites for hydroxylation is 2. The first-order valence-electron chi connectivity index (χ1n) is 30.5. The molecule has 6 aromatic rings. The Morgan fingerprint density at radius 2 is 0.957 bits per heavy atom. The summed E-state index contributed by atoms with van der Waals surface area (Å²) in [6, 6.07) is 29.8. The Kier molecular flexibility index (Phi) is 28.3. The second-order valence-corrected chi connectivity index (χ2v) is 21.8. The molecule has 94 heavy (non-hydrogen) atoms. The number of methoxy groups -OCH3 is 6. The maximum atomic E-state index is 12.7. The van der Waals surface area contributed by atoms with Crippen molar-refractivity contribution in [2.75, 3.05) is 55.7 Å². The van der Waals surface area contributed by atoms with E-state index in [0.717, 1.165) is 62.1 Å². The number of amides is 5. The highest BCUT2D eigenvalue weighted by molar-refractivity contribution is 5.86. The lowest BCUT2D eigenvalue weighted by atomic mass is 9.93. The van der Waals surface area contributed by atoms with Crippen LogP contribution in [0, 0.1) is 0 Å². The summed E-state index contributed by atoms with van der Waals surface area (Å²) < 4.78 is 49.3. The summed E-state index contributed by atoms with van der Waals surface area (Å²) in [6.07, 6.45) is 3.05. The Morgan fingerprint density at radius 1 is 0.521 bits per heavy atom. The van der Waals surface area contributed by atoms with Crippen LogP contribution in [0.15, 0.2) is 109 Å². The lowest BCUT2D eigenvalue weighted by Gasteiger charge is -2.21. The van der Waals surface area contributed by atoms with Gasteiger partial charge in [-0.1, -0.05) is 72.8 Å². The van der Waals surface area contributed by atoms with Gasteiger partial charge in [0.1, 0.15) is 36.8 Å². The van der Waals surface area contributed by atoms with Crippen LogP contribution >= 0.6 is 0 Å². The summed E-state index contributed by atoms with van der Waals surface area (Å²) in [5.74, 6) is 1.02. The van der Waals surface area contributed by atoms with Crippen molar-refractivity contribution in [1.82, 2.24) is 26.6 Å². The van der Waals surface area contributed by atoms with Crippen LogP contribution in [0.25, 0.3) is 22.3 Å². The number of phenols is 1. The van der Waals surface area contributed by atoms with Crippen molar-refractivity contribution in [1.29, 1.82) is 0 Å². The smallest absolute Gasteiger partial charge is 0.412 e. The molecule has 4 atom stereocenters. The minimum atomic E-state index is -1.18. The number of carbonyl (C=O) groups excluding carboxylic acids is 5. The first-order valence-corrected chi connectivity index (χ1v) is 30.5. The van der Waals surface area contributed by atoms with Crippen molar-refractivity contribution in [2.24, 2.45) is 5.73 Å². The van der Waals surface area contributed by atoms with Gasteiger partial charge in [0.25, 0.3) is 0 Å². The number of unbranched alkanes of at least 4 members (excludes halogenated alkanes) is 2. The number of aliphatic carboxylic acids is 2. The minimum absolute atomic E-state index is 0.0224. The topological polar surface area (TPSA) is 349 Å². The van der Waals surface area contributed by atoms with Crippen LogP contribution in [-0.4, -0.2) is 125 Å². The van der Waals surface area contributed by atoms with Gasteiger partial charge < -0.3 is 90.3 Å². The van der Waals surface area contributed by atoms with Gasteiger partial charge in [-0.3, -0.25) is 9.59 Å². The van der Waals surface area contributed by atoms with E-state index in [4.69, 9.17) is 53.5 Å². The molecule has 25 nitrogen and oxygen atoms in total. The number of phenolic OH excluding ortho intramolecular Hbond substituents is 1. The molecule has 0 bridgehead atoms. The number of carboxylic acid groups (broad SMARTS) is 2. The van der Waals surface area contributed by atoms with Crippen LogP contribution in [0.4, 0.5) is 14.4 Å². The Hall–Kier alpha value is -10.4. The maximum Gasteiger partial charge on any atom is 0.412 e. The number of alkyl carbamates (subject to hydrolysis) is 2. The lowest BCUT2D eigenvalue weighted by molar-refractivity contribution is -0.140. The number of hydrogen-bond donors (Lipinski definition) is 9. The third-order valence-corrected chi connectivity index (χ3v) is 15.3. The highest BCUT2D eigenvalue weighted by Gasteiger charge is 2.32. The van der Waals surface area contributed by atoms with E-state index in [1.807, 2.05) is 72.8 Å². The Labute approximate surface area is 545 Å². The molecule has 6 aromatic carbocycles. The predicted octanol–water partition coefficient (Wildman–Crippen LogP) is 9.84. The molecule has 10 N–H and O–H groups in total. The Balaban J connectivity index is 0.000000253. The summed E-state index contributed by atoms with van der Waals surface area (Å²) in [4.78, 5) is 82.8. The lowest BCUT2D eigenvalue weighted by Crippen LogP contribution is -2.41. The zero-order valence-corrected chi connectivity index (χ0v) is 54.1. The van der Waals surface area contributed by atoms with Crippen molar-refractivity contribution in [2.45, 2.75) is 115 Å². The maximum absolute atomic E-state index is 12.7. The van der Waals surface area contributed by atoms with Crippen molar-refractivity contribution in [3.63, 3.8) is 0 Å². The molecule has 25 heteroatoms. The minimum Gasteiger partial charge on any atom is -0.508 e. The number of aromatic hydroxyl groups is 1. The van der Waals surface area contributed by atoms with Crippen molar-refractivity contribution in [3.05, 3.63) is 143 Å². The van der Waals surface area contributed by atoms with E-state index in [1.54, 1.807) is 71.9 Å². The summed E-state index contributed by atoms with van der Waals surface area (Å²) >= 11 is 0. The van der Waals surface area contributed by atoms with Gasteiger partial charge in [0.15, 0.2) is 23.0 Å². The average molecular weight is 1300 g/mol. The SMILES string of the molecule is COc1cc2c(c(OC)c1OC)-c1ccc(O)cc1[C@@H](NC(C)=O)CC2.COc1cc2c(c(OC)c1OC)-c1ccc(OC(=O)NCCCCC(NC(=O)OCc3ccccc3)C(=O)O)cc1[C@@H](NC(C)=O)CC2.NCCCCC(NC(=O)OCc1ccccc1)C(=O)O. The first kappa shape index (κ1) is 72.6. The van der Waals surface area contributed by atoms with Crippen molar-refractivity contribution in [3.8, 4) is 68.2 Å². The van der Waals surface area contributed by atoms with Gasteiger partial charge in [-0.05, 0) is 152 Å². The van der Waals surface area contributed by atoms with Crippen molar-refractivity contribution >= 4 is 42.0 Å². The fourth-order valence-corrected chi connectivity index (χ4v) is 10.9. The first-order chi connectivity index (χ1) is 45.3. The number of benzene rings is 6. The zero-order chi connectivity index (χ0) is 68.3. The summed E-state index contributed by atoms with van der Waals surface area (Å²) in [5.41, 5.74) is 13.9. The number of nitrogens with two attached hydrogens (primary N) is 1. The highest BCUT2D eigenvalue weighted by atomic mass is 16.6. The van der Waals surface area contributed by atoms with Crippen LogP contribution in [0.5, 0.6) is 46.0 Å². The molecule has 0 fully saturated rings. The molecular weight excluding hydrogens is 1220 g/mol. The predicted molar refractivity (Wildman–Crippen MR) is 348 cm³/mol. The largest absolute Gasteiger partial charge is 0.508 e. The number of rotatable bonds is 26. The van der Waals surface area contributed by atoms with Gasteiger partial charge in [-0.25, -0.2) is 24.0 Å². The average Bonchev–Trinajstić information content (AvgIpc) is 1.45. The van der Waals surface area contributed by atoms with Gasteiger partial charge in [0.2, 0.25) is 23.3 Å². The molecule has 8 rings (SSSR count). The van der Waals surface area contributed by atoms with Gasteiger partial charge in [-0.2, -0.15) is 0 Å². The van der Waals surface area contributed by atoms with E-state index >= 15 is 0 Å². The molecule has 2 aliphatic rings. The molecule has 504 valence electrons. The van der Waals surface area contributed by atoms with E-state index in [2.05, 4.69) is 26.6 Å². The standard InChI is InChI=1S/C35H41N3O10.C20H23NO5.C14H20N2O4/c1-21(39)37-27-16-13-23-18-29(44-2)31(45-3)32(46-4)30(23)25-15-14-24(19-26(25)27)48-34(42)36-17-9-8-12-28(33(40)41)38-35(43)47-20-22-10-6-5-7-11-22;1-11(22)21-16-8-5-12-9-17(24-2)19(25-3)20(26-4)18(12)14-7-6-13(23)10-15(14)16;15-9-5-4-8-12(13(17)18)16-14(19)20-10-11-6-2-1-3-7-11/h5-7,10-11,14-15,18-19,27-28H,8-9,12-13,16-17,20H2,1-4H3,(H,36,42)(H,37,39)(H,38,43)(H,40,41);6-7,9-10,16,23H,5,8H2,1-4H3,(H,21,22);1-3,6-7,12H,4-5,8-10,15H2,(H,16,19)(H,17,18)/t27-,28?;16-;/m00./s1. The van der Waals surface area contributed by atoms with Gasteiger partial charge in [-0.15, -0.1) is 0 Å². The highest BCUT2D eigenvalue weighted by Crippen LogP contribution is 2.52.